The summed E-state index contributed by atoms with van der Waals surface area (Å²) in [6.07, 6.45) is 3.41. The molecule has 3 aromatic rings. The van der Waals surface area contributed by atoms with Crippen LogP contribution in [-0.4, -0.2) is 46.0 Å². The number of nitrogens with zero attached hydrogens (tertiary/aromatic N) is 2. The molecule has 4 rings (SSSR count). The number of fused-ring (bicyclic) bond motifs is 1. The van der Waals surface area contributed by atoms with Gasteiger partial charge >= 0.3 is 7.12 Å². The number of rotatable bonds is 4. The van der Waals surface area contributed by atoms with Crippen molar-refractivity contribution in [2.75, 3.05) is 13.1 Å². The van der Waals surface area contributed by atoms with E-state index >= 15 is 0 Å². The molecular weight excluding hydrogens is 365 g/mol. The first-order valence-electron chi connectivity index (χ1n) is 9.90. The van der Waals surface area contributed by atoms with Crippen molar-refractivity contribution in [2.45, 2.75) is 25.3 Å². The van der Waals surface area contributed by atoms with E-state index < -0.39 is 7.12 Å². The lowest BCUT2D eigenvalue weighted by Gasteiger charge is -2.32. The Morgan fingerprint density at radius 3 is 2.66 bits per heavy atom. The summed E-state index contributed by atoms with van der Waals surface area (Å²) in [6.45, 7) is 1.82. The van der Waals surface area contributed by atoms with Crippen LogP contribution < -0.4 is 11.2 Å². The lowest BCUT2D eigenvalue weighted by atomic mass is 9.78. The molecule has 0 saturated carbocycles. The Labute approximate surface area is 170 Å². The molecule has 1 aliphatic rings. The van der Waals surface area contributed by atoms with Gasteiger partial charge in [-0.1, -0.05) is 36.4 Å². The van der Waals surface area contributed by atoms with E-state index in [1.165, 1.54) is 5.56 Å². The standard InChI is InChI=1S/C22H24BN3O3/c24-14-15-3-1-4-17(11-15)16-6-9-26(10-7-16)22(27)20-13-19(23(28)29)12-18-5-2-8-25-21(18)20/h1-5,8,11-13,16,28-29H,6-7,9-10,14,24H2. The number of benzene rings is 2. The molecule has 0 spiro atoms. The summed E-state index contributed by atoms with van der Waals surface area (Å²) in [5.41, 5.74) is 9.45. The summed E-state index contributed by atoms with van der Waals surface area (Å²) in [5.74, 6) is 0.288. The highest BCUT2D eigenvalue weighted by atomic mass is 16.4. The zero-order valence-electron chi connectivity index (χ0n) is 16.2. The van der Waals surface area contributed by atoms with Crippen LogP contribution >= 0.6 is 0 Å². The quantitative estimate of drug-likeness (QED) is 0.586. The number of amides is 1. The van der Waals surface area contributed by atoms with E-state index in [4.69, 9.17) is 5.73 Å². The van der Waals surface area contributed by atoms with Gasteiger partial charge in [0.1, 0.15) is 0 Å². The minimum atomic E-state index is -1.63. The van der Waals surface area contributed by atoms with Gasteiger partial charge in [0, 0.05) is 31.2 Å². The molecule has 0 radical (unpaired) electrons. The highest BCUT2D eigenvalue weighted by Crippen LogP contribution is 2.29. The van der Waals surface area contributed by atoms with Crippen molar-refractivity contribution in [3.63, 3.8) is 0 Å². The Balaban J connectivity index is 1.55. The summed E-state index contributed by atoms with van der Waals surface area (Å²) in [7, 11) is -1.63. The van der Waals surface area contributed by atoms with E-state index in [0.29, 0.717) is 42.1 Å². The summed E-state index contributed by atoms with van der Waals surface area (Å²) < 4.78 is 0. The maximum absolute atomic E-state index is 13.2. The largest absolute Gasteiger partial charge is 0.488 e. The zero-order chi connectivity index (χ0) is 20.4. The summed E-state index contributed by atoms with van der Waals surface area (Å²) in [4.78, 5) is 19.4. The number of hydrogen-bond donors (Lipinski definition) is 3. The van der Waals surface area contributed by atoms with Crippen molar-refractivity contribution in [3.8, 4) is 0 Å². The Morgan fingerprint density at radius 2 is 1.93 bits per heavy atom. The third-order valence-corrected chi connectivity index (χ3v) is 5.70. The number of aromatic nitrogens is 1. The van der Waals surface area contributed by atoms with Crippen molar-refractivity contribution in [1.29, 1.82) is 0 Å². The van der Waals surface area contributed by atoms with Gasteiger partial charge in [0.15, 0.2) is 0 Å². The van der Waals surface area contributed by atoms with Gasteiger partial charge in [-0.05, 0) is 47.5 Å². The molecule has 4 N–H and O–H groups in total. The van der Waals surface area contributed by atoms with Crippen LogP contribution in [0.4, 0.5) is 0 Å². The number of carbonyl (C=O) groups excluding carboxylic acids is 1. The summed E-state index contributed by atoms with van der Waals surface area (Å²) in [5, 5.41) is 19.9. The zero-order valence-corrected chi connectivity index (χ0v) is 16.2. The predicted octanol–water partition coefficient (Wildman–Crippen LogP) is 1.39. The van der Waals surface area contributed by atoms with Crippen LogP contribution in [0.3, 0.4) is 0 Å². The Hall–Kier alpha value is -2.74. The molecule has 148 valence electrons. The van der Waals surface area contributed by atoms with Gasteiger partial charge in [-0.3, -0.25) is 9.78 Å². The van der Waals surface area contributed by atoms with E-state index in [1.54, 1.807) is 24.4 Å². The van der Waals surface area contributed by atoms with Crippen molar-refractivity contribution in [3.05, 3.63) is 71.4 Å². The molecule has 1 amide bonds. The normalized spacial score (nSPS) is 14.9. The molecule has 0 atom stereocenters. The van der Waals surface area contributed by atoms with Crippen molar-refractivity contribution < 1.29 is 14.8 Å². The summed E-state index contributed by atoms with van der Waals surface area (Å²) >= 11 is 0. The number of likely N-dealkylation sites (tertiary alicyclic amines) is 1. The minimum Gasteiger partial charge on any atom is -0.423 e. The maximum atomic E-state index is 13.2. The first-order chi connectivity index (χ1) is 14.1. The molecule has 0 aliphatic carbocycles. The molecule has 7 heteroatoms. The summed E-state index contributed by atoms with van der Waals surface area (Å²) in [6, 6.07) is 15.1. The fraction of sp³-hybridized carbons (Fsp3) is 0.273. The SMILES string of the molecule is NCc1cccc(C2CCN(C(=O)c3cc(B(O)O)cc4cccnc34)CC2)c1. The molecule has 2 heterocycles. The van der Waals surface area contributed by atoms with E-state index in [9.17, 15) is 14.8 Å². The molecule has 1 saturated heterocycles. The number of piperidine rings is 1. The fourth-order valence-electron chi connectivity index (χ4n) is 4.09. The molecular formula is C22H24BN3O3. The molecule has 2 aromatic carbocycles. The van der Waals surface area contributed by atoms with E-state index in [2.05, 4.69) is 17.1 Å². The number of hydrogen-bond acceptors (Lipinski definition) is 5. The van der Waals surface area contributed by atoms with Gasteiger partial charge in [0.05, 0.1) is 11.1 Å². The Bertz CT molecular complexity index is 1030. The number of pyridine rings is 1. The van der Waals surface area contributed by atoms with Crippen LogP contribution in [0, 0.1) is 0 Å². The topological polar surface area (TPSA) is 99.7 Å². The Kier molecular flexibility index (Phi) is 5.62. The van der Waals surface area contributed by atoms with Crippen LogP contribution in [0.15, 0.2) is 54.7 Å². The van der Waals surface area contributed by atoms with Gasteiger partial charge in [-0.2, -0.15) is 0 Å². The monoisotopic (exact) mass is 389 g/mol. The third kappa shape index (κ3) is 4.03. The average Bonchev–Trinajstić information content (AvgIpc) is 2.78. The lowest BCUT2D eigenvalue weighted by molar-refractivity contribution is 0.0715. The smallest absolute Gasteiger partial charge is 0.423 e. The van der Waals surface area contributed by atoms with Crippen molar-refractivity contribution in [1.82, 2.24) is 9.88 Å². The lowest BCUT2D eigenvalue weighted by Crippen LogP contribution is -2.39. The van der Waals surface area contributed by atoms with E-state index in [0.717, 1.165) is 23.8 Å². The van der Waals surface area contributed by atoms with Gasteiger partial charge < -0.3 is 20.7 Å². The molecule has 6 nitrogen and oxygen atoms in total. The highest BCUT2D eigenvalue weighted by molar-refractivity contribution is 6.59. The van der Waals surface area contributed by atoms with Crippen LogP contribution in [-0.2, 0) is 6.54 Å². The molecule has 0 bridgehead atoms. The fourth-order valence-corrected chi connectivity index (χ4v) is 4.09. The van der Waals surface area contributed by atoms with Crippen molar-refractivity contribution in [2.24, 2.45) is 5.73 Å². The van der Waals surface area contributed by atoms with Gasteiger partial charge in [0.2, 0.25) is 0 Å². The third-order valence-electron chi connectivity index (χ3n) is 5.70. The molecule has 0 unspecified atom stereocenters. The predicted molar refractivity (Wildman–Crippen MR) is 114 cm³/mol. The average molecular weight is 389 g/mol. The second-order valence-corrected chi connectivity index (χ2v) is 7.53. The molecule has 29 heavy (non-hydrogen) atoms. The second-order valence-electron chi connectivity index (χ2n) is 7.53. The first-order valence-corrected chi connectivity index (χ1v) is 9.90. The van der Waals surface area contributed by atoms with Crippen LogP contribution in [0.5, 0.6) is 0 Å². The second kappa shape index (κ2) is 8.33. The minimum absolute atomic E-state index is 0.120. The van der Waals surface area contributed by atoms with Crippen LogP contribution in [0.25, 0.3) is 10.9 Å². The first kappa shape index (κ1) is 19.6. The van der Waals surface area contributed by atoms with Crippen LogP contribution in [0.1, 0.15) is 40.2 Å². The highest BCUT2D eigenvalue weighted by Gasteiger charge is 2.27. The van der Waals surface area contributed by atoms with Crippen molar-refractivity contribution >= 4 is 29.4 Å². The number of carbonyl (C=O) groups is 1. The van der Waals surface area contributed by atoms with Gasteiger partial charge in [0.25, 0.3) is 5.91 Å². The van der Waals surface area contributed by atoms with Gasteiger partial charge in [-0.25, -0.2) is 0 Å². The maximum Gasteiger partial charge on any atom is 0.488 e. The van der Waals surface area contributed by atoms with E-state index in [-0.39, 0.29) is 5.91 Å². The van der Waals surface area contributed by atoms with Gasteiger partial charge in [-0.15, -0.1) is 0 Å². The number of nitrogens with two attached hydrogens (primary N) is 1. The Morgan fingerprint density at radius 1 is 1.14 bits per heavy atom. The van der Waals surface area contributed by atoms with E-state index in [1.807, 2.05) is 23.1 Å². The molecule has 1 aromatic heterocycles. The molecule has 1 fully saturated rings. The van der Waals surface area contributed by atoms with Crippen LogP contribution in [0.2, 0.25) is 0 Å². The molecule has 1 aliphatic heterocycles.